The second-order valence-corrected chi connectivity index (χ2v) is 16.9. The first-order chi connectivity index (χ1) is 29.0. The van der Waals surface area contributed by atoms with Crippen LogP contribution in [0.5, 0.6) is 0 Å². The average molecular weight is 826 g/mol. The molecule has 0 heterocycles. The molecule has 0 aliphatic heterocycles. The van der Waals surface area contributed by atoms with Crippen molar-refractivity contribution in [3.63, 3.8) is 0 Å². The maximum absolute atomic E-state index is 13.1. The summed E-state index contributed by atoms with van der Waals surface area (Å²) in [6.07, 6.45) is 57.4. The van der Waals surface area contributed by atoms with Crippen molar-refractivity contribution in [3.05, 3.63) is 60.8 Å². The number of carbonyl (C=O) groups is 2. The molecule has 0 aromatic heterocycles. The van der Waals surface area contributed by atoms with E-state index in [0.29, 0.717) is 19.3 Å². The molecule has 0 rings (SSSR count). The molecule has 0 bridgehead atoms. The van der Waals surface area contributed by atoms with Gasteiger partial charge in [0.15, 0.2) is 0 Å². The number of amides is 1. The highest BCUT2D eigenvalue weighted by molar-refractivity contribution is 5.78. The molecule has 3 N–H and O–H groups in total. The van der Waals surface area contributed by atoms with Crippen molar-refractivity contribution in [2.24, 2.45) is 0 Å². The highest BCUT2D eigenvalue weighted by atomic mass is 16.5. The molecule has 3 unspecified atom stereocenters. The number of carbonyl (C=O) groups excluding carboxylic acids is 2. The monoisotopic (exact) mass is 826 g/mol. The van der Waals surface area contributed by atoms with Crippen LogP contribution in [-0.2, 0) is 14.3 Å². The van der Waals surface area contributed by atoms with Gasteiger partial charge in [-0.3, -0.25) is 9.59 Å². The Balaban J connectivity index is 4.62. The quantitative estimate of drug-likeness (QED) is 0.0246. The first kappa shape index (κ1) is 56.6. The molecule has 0 aromatic rings. The summed E-state index contributed by atoms with van der Waals surface area (Å²) in [5.74, 6) is -0.616. The third kappa shape index (κ3) is 42.1. The zero-order valence-corrected chi connectivity index (χ0v) is 38.9. The fourth-order valence-electron chi connectivity index (χ4n) is 7.34. The van der Waals surface area contributed by atoms with Gasteiger partial charge in [-0.25, -0.2) is 0 Å². The third-order valence-corrected chi connectivity index (χ3v) is 11.1. The first-order valence-corrected chi connectivity index (χ1v) is 25.1. The van der Waals surface area contributed by atoms with E-state index in [1.165, 1.54) is 135 Å². The summed E-state index contributed by atoms with van der Waals surface area (Å²) in [5.41, 5.74) is 0. The van der Waals surface area contributed by atoms with Gasteiger partial charge in [-0.15, -0.1) is 0 Å². The van der Waals surface area contributed by atoms with Crippen LogP contribution >= 0.6 is 0 Å². The Labute approximate surface area is 365 Å². The van der Waals surface area contributed by atoms with E-state index >= 15 is 0 Å². The number of nitrogens with one attached hydrogen (secondary N) is 1. The zero-order valence-electron chi connectivity index (χ0n) is 38.9. The van der Waals surface area contributed by atoms with Crippen LogP contribution in [0.4, 0.5) is 0 Å². The molecule has 6 nitrogen and oxygen atoms in total. The van der Waals surface area contributed by atoms with Crippen LogP contribution < -0.4 is 5.32 Å². The van der Waals surface area contributed by atoms with Crippen molar-refractivity contribution in [1.82, 2.24) is 5.32 Å². The van der Waals surface area contributed by atoms with Crippen LogP contribution in [0, 0.1) is 0 Å². The van der Waals surface area contributed by atoms with E-state index in [0.717, 1.165) is 57.8 Å². The fourth-order valence-corrected chi connectivity index (χ4v) is 7.34. The SMILES string of the molecule is CC/C=C/C=C/C=C/CCCCCCCCCC(=O)OC(/C=C/C/C=C\CCCCCCCC)CC(=O)NC(CO)C(O)CCCCCCCCCCCCCCCC. The molecule has 0 aliphatic carbocycles. The van der Waals surface area contributed by atoms with Crippen LogP contribution in [0.15, 0.2) is 60.8 Å². The number of rotatable bonds is 44. The van der Waals surface area contributed by atoms with Crippen molar-refractivity contribution in [2.75, 3.05) is 6.61 Å². The van der Waals surface area contributed by atoms with Gasteiger partial charge in [0.1, 0.15) is 6.10 Å². The molecular weight excluding hydrogens is 731 g/mol. The molecular formula is C53H95NO5. The number of ether oxygens (including phenoxy) is 1. The Morgan fingerprint density at radius 1 is 0.542 bits per heavy atom. The third-order valence-electron chi connectivity index (χ3n) is 11.1. The van der Waals surface area contributed by atoms with Gasteiger partial charge in [0.25, 0.3) is 0 Å². The molecule has 0 saturated carbocycles. The van der Waals surface area contributed by atoms with Gasteiger partial charge in [0, 0.05) is 6.42 Å². The largest absolute Gasteiger partial charge is 0.458 e. The van der Waals surface area contributed by atoms with Crippen molar-refractivity contribution in [2.45, 2.75) is 257 Å². The van der Waals surface area contributed by atoms with E-state index in [2.05, 4.69) is 74.7 Å². The number of aliphatic hydroxyl groups excluding tert-OH is 2. The van der Waals surface area contributed by atoms with Gasteiger partial charge < -0.3 is 20.3 Å². The van der Waals surface area contributed by atoms with Crippen LogP contribution in [0.3, 0.4) is 0 Å². The highest BCUT2D eigenvalue weighted by Gasteiger charge is 2.23. The number of unbranched alkanes of at least 4 members (excludes halogenated alkanes) is 26. The van der Waals surface area contributed by atoms with E-state index in [1.54, 1.807) is 0 Å². The average Bonchev–Trinajstić information content (AvgIpc) is 3.23. The maximum Gasteiger partial charge on any atom is 0.306 e. The van der Waals surface area contributed by atoms with Crippen molar-refractivity contribution in [1.29, 1.82) is 0 Å². The molecule has 3 atom stereocenters. The Bertz CT molecular complexity index is 1060. The highest BCUT2D eigenvalue weighted by Crippen LogP contribution is 2.16. The molecule has 6 heteroatoms. The van der Waals surface area contributed by atoms with Gasteiger partial charge in [-0.1, -0.05) is 230 Å². The summed E-state index contributed by atoms with van der Waals surface area (Å²) < 4.78 is 5.81. The molecule has 0 aliphatic rings. The summed E-state index contributed by atoms with van der Waals surface area (Å²) in [4.78, 5) is 26.0. The van der Waals surface area contributed by atoms with Crippen LogP contribution in [0.1, 0.15) is 239 Å². The first-order valence-electron chi connectivity index (χ1n) is 25.1. The molecule has 0 aromatic carbocycles. The summed E-state index contributed by atoms with van der Waals surface area (Å²) in [5, 5.41) is 23.7. The van der Waals surface area contributed by atoms with Gasteiger partial charge in [-0.2, -0.15) is 0 Å². The topological polar surface area (TPSA) is 95.9 Å². The second-order valence-electron chi connectivity index (χ2n) is 16.9. The lowest BCUT2D eigenvalue weighted by Gasteiger charge is -2.23. The minimum atomic E-state index is -0.813. The Morgan fingerprint density at radius 2 is 1.02 bits per heavy atom. The molecule has 59 heavy (non-hydrogen) atoms. The van der Waals surface area contributed by atoms with Crippen LogP contribution in [0.25, 0.3) is 0 Å². The summed E-state index contributed by atoms with van der Waals surface area (Å²) in [7, 11) is 0. The lowest BCUT2D eigenvalue weighted by molar-refractivity contribution is -0.148. The Morgan fingerprint density at radius 3 is 1.54 bits per heavy atom. The van der Waals surface area contributed by atoms with E-state index in [-0.39, 0.29) is 24.9 Å². The predicted octanol–water partition coefficient (Wildman–Crippen LogP) is 14.8. The Kier molecular flexibility index (Phi) is 44.7. The minimum Gasteiger partial charge on any atom is -0.458 e. The van der Waals surface area contributed by atoms with E-state index in [1.807, 2.05) is 12.2 Å². The lowest BCUT2D eigenvalue weighted by Crippen LogP contribution is -2.46. The zero-order chi connectivity index (χ0) is 43.1. The van der Waals surface area contributed by atoms with Crippen molar-refractivity contribution in [3.8, 4) is 0 Å². The van der Waals surface area contributed by atoms with E-state index in [4.69, 9.17) is 4.74 Å². The number of allylic oxidation sites excluding steroid dienone is 9. The van der Waals surface area contributed by atoms with Gasteiger partial charge in [-0.05, 0) is 57.4 Å². The summed E-state index contributed by atoms with van der Waals surface area (Å²) in [6, 6.07) is -0.735. The molecule has 1 amide bonds. The number of esters is 1. The van der Waals surface area contributed by atoms with Gasteiger partial charge in [0.05, 0.1) is 25.2 Å². The lowest BCUT2D eigenvalue weighted by atomic mass is 10.0. The van der Waals surface area contributed by atoms with Crippen molar-refractivity contribution < 1.29 is 24.5 Å². The van der Waals surface area contributed by atoms with Crippen LogP contribution in [0.2, 0.25) is 0 Å². The molecule has 0 saturated heterocycles. The predicted molar refractivity (Wildman–Crippen MR) is 255 cm³/mol. The Hall–Kier alpha value is -2.44. The van der Waals surface area contributed by atoms with Crippen molar-refractivity contribution >= 4 is 11.9 Å². The number of hydrogen-bond acceptors (Lipinski definition) is 5. The van der Waals surface area contributed by atoms with Gasteiger partial charge in [0.2, 0.25) is 5.91 Å². The standard InChI is InChI=1S/C53H95NO5/c1-4-7-10-13-16-19-22-24-26-28-31-34-37-40-43-46-53(58)59-49(44-41-38-35-32-29-21-18-15-12-9-6-3)47-52(57)54-50(48-55)51(56)45-42-39-36-33-30-27-25-23-20-17-14-11-8-5-2/h7,10,13,16,19,22,32,35,41,44,49-51,55-56H,4-6,8-9,11-12,14-15,17-18,20-21,23-31,33-34,36-40,42-43,45-48H2,1-3H3,(H,54,57)/b10-7+,16-13+,22-19+,35-32-,44-41+. The number of hydrogen-bond donors (Lipinski definition) is 3. The number of aliphatic hydroxyl groups is 2. The van der Waals surface area contributed by atoms with E-state index < -0.39 is 18.2 Å². The summed E-state index contributed by atoms with van der Waals surface area (Å²) in [6.45, 7) is 6.31. The van der Waals surface area contributed by atoms with Crippen LogP contribution in [-0.4, -0.2) is 46.9 Å². The summed E-state index contributed by atoms with van der Waals surface area (Å²) >= 11 is 0. The normalized spacial score (nSPS) is 13.8. The smallest absolute Gasteiger partial charge is 0.306 e. The minimum absolute atomic E-state index is 0.0346. The molecule has 342 valence electrons. The molecule has 0 fully saturated rings. The molecule has 0 radical (unpaired) electrons. The fraction of sp³-hybridized carbons (Fsp3) is 0.774. The van der Waals surface area contributed by atoms with Gasteiger partial charge >= 0.3 is 5.97 Å². The molecule has 0 spiro atoms. The maximum atomic E-state index is 13.1. The second kappa shape index (κ2) is 46.6. The van der Waals surface area contributed by atoms with E-state index in [9.17, 15) is 19.8 Å².